The molecule has 1 fully saturated rings. The average Bonchev–Trinajstić information content (AvgIpc) is 3.33. The average molecular weight is 429 g/mol. The van der Waals surface area contributed by atoms with Crippen LogP contribution in [-0.2, 0) is 6.54 Å². The Morgan fingerprint density at radius 2 is 2.15 bits per heavy atom. The minimum atomic E-state index is -0.192. The normalized spacial score (nSPS) is 16.6. The highest BCUT2D eigenvalue weighted by Crippen LogP contribution is 2.23. The van der Waals surface area contributed by atoms with E-state index in [4.69, 9.17) is 4.42 Å². The number of hydrogen-bond acceptors (Lipinski definition) is 5. The Morgan fingerprint density at radius 3 is 2.89 bits per heavy atom. The zero-order valence-electron chi connectivity index (χ0n) is 14.4. The Morgan fingerprint density at radius 1 is 1.26 bits per heavy atom. The molecule has 0 spiro atoms. The molecule has 0 N–H and O–H groups in total. The van der Waals surface area contributed by atoms with E-state index in [1.165, 1.54) is 10.7 Å². The highest BCUT2D eigenvalue weighted by molar-refractivity contribution is 9.10. The van der Waals surface area contributed by atoms with E-state index in [1.807, 2.05) is 12.1 Å². The van der Waals surface area contributed by atoms with Crippen LogP contribution in [-0.4, -0.2) is 38.2 Å². The van der Waals surface area contributed by atoms with Crippen LogP contribution in [0.2, 0.25) is 0 Å². The summed E-state index contributed by atoms with van der Waals surface area (Å²) in [5.74, 6) is 0.123. The summed E-state index contributed by atoms with van der Waals surface area (Å²) in [6, 6.07) is 10.1. The number of amides is 1. The van der Waals surface area contributed by atoms with E-state index in [0.29, 0.717) is 23.5 Å². The number of rotatable bonds is 4. The zero-order valence-corrected chi connectivity index (χ0v) is 16.0. The third-order valence-electron chi connectivity index (χ3n) is 4.63. The molecular weight excluding hydrogens is 412 g/mol. The van der Waals surface area contributed by atoms with E-state index in [0.717, 1.165) is 18.4 Å². The van der Waals surface area contributed by atoms with E-state index in [2.05, 4.69) is 26.0 Å². The Kier molecular flexibility index (Phi) is 4.89. The first-order valence-corrected chi connectivity index (χ1v) is 9.46. The van der Waals surface area contributed by atoms with Crippen molar-refractivity contribution in [1.82, 2.24) is 19.7 Å². The van der Waals surface area contributed by atoms with Gasteiger partial charge in [-0.2, -0.15) is 5.10 Å². The van der Waals surface area contributed by atoms with E-state index in [-0.39, 0.29) is 23.3 Å². The predicted molar refractivity (Wildman–Crippen MR) is 102 cm³/mol. The summed E-state index contributed by atoms with van der Waals surface area (Å²) in [5, 5.41) is 4.47. The summed E-state index contributed by atoms with van der Waals surface area (Å²) in [6.07, 6.45) is 5.10. The maximum Gasteiger partial charge on any atom is 0.289 e. The van der Waals surface area contributed by atoms with Crippen LogP contribution < -0.4 is 5.56 Å². The first-order chi connectivity index (χ1) is 13.1. The second-order valence-corrected chi connectivity index (χ2v) is 7.16. The number of carbonyl (C=O) groups excluding carboxylic acids is 1. The molecule has 1 atom stereocenters. The van der Waals surface area contributed by atoms with Crippen molar-refractivity contribution in [2.45, 2.75) is 25.4 Å². The molecule has 3 aromatic rings. The van der Waals surface area contributed by atoms with Crippen molar-refractivity contribution in [3.63, 3.8) is 0 Å². The van der Waals surface area contributed by atoms with Crippen molar-refractivity contribution in [3.05, 3.63) is 69.6 Å². The first-order valence-electron chi connectivity index (χ1n) is 8.67. The number of hydrogen-bond donors (Lipinski definition) is 0. The van der Waals surface area contributed by atoms with Gasteiger partial charge in [0.15, 0.2) is 10.4 Å². The van der Waals surface area contributed by atoms with E-state index >= 15 is 0 Å². The van der Waals surface area contributed by atoms with Crippen LogP contribution in [0, 0.1) is 0 Å². The molecule has 0 aliphatic carbocycles. The molecule has 0 bridgehead atoms. The lowest BCUT2D eigenvalue weighted by Crippen LogP contribution is -2.40. The van der Waals surface area contributed by atoms with Gasteiger partial charge in [0.25, 0.3) is 11.5 Å². The SMILES string of the molecule is O=C(c1ccc(Br)o1)N1CCCC1Cn1nc(-c2cccnc2)ccc1=O. The van der Waals surface area contributed by atoms with E-state index < -0.39 is 0 Å². The smallest absolute Gasteiger partial charge is 0.289 e. The van der Waals surface area contributed by atoms with Crippen LogP contribution in [0.3, 0.4) is 0 Å². The molecule has 4 heterocycles. The van der Waals surface area contributed by atoms with Gasteiger partial charge in [0.2, 0.25) is 0 Å². The number of nitrogens with zero attached hydrogens (tertiary/aromatic N) is 4. The molecule has 0 aromatic carbocycles. The summed E-state index contributed by atoms with van der Waals surface area (Å²) in [7, 11) is 0. The lowest BCUT2D eigenvalue weighted by Gasteiger charge is -2.24. The number of carbonyl (C=O) groups is 1. The summed E-state index contributed by atoms with van der Waals surface area (Å²) in [4.78, 5) is 30.9. The van der Waals surface area contributed by atoms with Gasteiger partial charge < -0.3 is 9.32 Å². The fraction of sp³-hybridized carbons (Fsp3) is 0.263. The van der Waals surface area contributed by atoms with Crippen molar-refractivity contribution >= 4 is 21.8 Å². The molecule has 27 heavy (non-hydrogen) atoms. The molecule has 138 valence electrons. The summed E-state index contributed by atoms with van der Waals surface area (Å²) in [5.41, 5.74) is 1.32. The van der Waals surface area contributed by atoms with Crippen LogP contribution in [0.5, 0.6) is 0 Å². The largest absolute Gasteiger partial charge is 0.444 e. The Hall–Kier alpha value is -2.74. The molecule has 1 aliphatic heterocycles. The third-order valence-corrected chi connectivity index (χ3v) is 5.06. The second kappa shape index (κ2) is 7.48. The van der Waals surface area contributed by atoms with E-state index in [1.54, 1.807) is 35.5 Å². The molecule has 1 aliphatic rings. The first kappa shape index (κ1) is 17.7. The number of halogens is 1. The van der Waals surface area contributed by atoms with Gasteiger partial charge in [-0.3, -0.25) is 14.6 Å². The second-order valence-electron chi connectivity index (χ2n) is 6.38. The molecule has 4 rings (SSSR count). The minimum absolute atomic E-state index is 0.101. The van der Waals surface area contributed by atoms with Crippen LogP contribution in [0.1, 0.15) is 23.4 Å². The van der Waals surface area contributed by atoms with Gasteiger partial charge in [0.05, 0.1) is 18.3 Å². The van der Waals surface area contributed by atoms with Gasteiger partial charge in [-0.1, -0.05) is 0 Å². The molecule has 8 heteroatoms. The minimum Gasteiger partial charge on any atom is -0.444 e. The summed E-state index contributed by atoms with van der Waals surface area (Å²) in [6.45, 7) is 0.986. The fourth-order valence-corrected chi connectivity index (χ4v) is 3.62. The Balaban J connectivity index is 1.58. The molecule has 0 radical (unpaired) electrons. The van der Waals surface area contributed by atoms with Gasteiger partial charge in [-0.05, 0) is 59.1 Å². The number of aromatic nitrogens is 3. The van der Waals surface area contributed by atoms with Gasteiger partial charge in [-0.15, -0.1) is 0 Å². The highest BCUT2D eigenvalue weighted by atomic mass is 79.9. The Bertz CT molecular complexity index is 1020. The fourth-order valence-electron chi connectivity index (χ4n) is 3.31. The standard InChI is InChI=1S/C19H17BrN4O3/c20-17-7-6-16(27-17)19(26)23-10-2-4-14(23)12-24-18(25)8-5-15(22-24)13-3-1-9-21-11-13/h1,3,5-9,11,14H,2,4,10,12H2. The quantitative estimate of drug-likeness (QED) is 0.637. The van der Waals surface area contributed by atoms with Crippen LogP contribution in [0.15, 0.2) is 62.7 Å². The van der Waals surface area contributed by atoms with Crippen molar-refractivity contribution in [2.24, 2.45) is 0 Å². The zero-order chi connectivity index (χ0) is 18.8. The number of furan rings is 1. The van der Waals surface area contributed by atoms with Gasteiger partial charge in [0.1, 0.15) is 0 Å². The van der Waals surface area contributed by atoms with Crippen LogP contribution in [0.25, 0.3) is 11.3 Å². The molecule has 1 amide bonds. The van der Waals surface area contributed by atoms with Crippen molar-refractivity contribution in [1.29, 1.82) is 0 Å². The van der Waals surface area contributed by atoms with Crippen molar-refractivity contribution in [2.75, 3.05) is 6.54 Å². The molecule has 1 unspecified atom stereocenters. The maximum absolute atomic E-state index is 12.7. The van der Waals surface area contributed by atoms with Crippen molar-refractivity contribution in [3.8, 4) is 11.3 Å². The topological polar surface area (TPSA) is 81.2 Å². The lowest BCUT2D eigenvalue weighted by atomic mass is 10.2. The monoisotopic (exact) mass is 428 g/mol. The van der Waals surface area contributed by atoms with Gasteiger partial charge in [-0.25, -0.2) is 4.68 Å². The number of likely N-dealkylation sites (tertiary alicyclic amines) is 1. The Labute approximate surface area is 163 Å². The summed E-state index contributed by atoms with van der Waals surface area (Å²) >= 11 is 3.22. The van der Waals surface area contributed by atoms with Crippen LogP contribution in [0.4, 0.5) is 0 Å². The summed E-state index contributed by atoms with van der Waals surface area (Å²) < 4.78 is 7.34. The highest BCUT2D eigenvalue weighted by Gasteiger charge is 2.31. The maximum atomic E-state index is 12.7. The molecule has 3 aromatic heterocycles. The number of pyridine rings is 1. The predicted octanol–water partition coefficient (Wildman–Crippen LogP) is 2.97. The van der Waals surface area contributed by atoms with Gasteiger partial charge >= 0.3 is 0 Å². The van der Waals surface area contributed by atoms with E-state index in [9.17, 15) is 9.59 Å². The molecule has 1 saturated heterocycles. The van der Waals surface area contributed by atoms with Crippen LogP contribution >= 0.6 is 15.9 Å². The third kappa shape index (κ3) is 3.71. The molecule has 7 nitrogen and oxygen atoms in total. The molecule has 0 saturated carbocycles. The van der Waals surface area contributed by atoms with Crippen molar-refractivity contribution < 1.29 is 9.21 Å². The lowest BCUT2D eigenvalue weighted by molar-refractivity contribution is 0.0687. The van der Waals surface area contributed by atoms with Gasteiger partial charge in [0, 0.05) is 30.6 Å². The molecular formula is C19H17BrN4O3.